The van der Waals surface area contributed by atoms with Gasteiger partial charge in [0.2, 0.25) is 0 Å². The second-order valence-corrected chi connectivity index (χ2v) is 5.16. The molecule has 1 fully saturated rings. The molecule has 1 heteroatoms. The standard InChI is InChI=1S/C13H27N/c1-3-5-8-13(11-14)9-6-12(4-2)7-10-13/h12H,3-11,14H2,1-2H3. The highest BCUT2D eigenvalue weighted by Gasteiger charge is 2.32. The van der Waals surface area contributed by atoms with Gasteiger partial charge in [0.05, 0.1) is 0 Å². The molecule has 0 aliphatic heterocycles. The second kappa shape index (κ2) is 5.75. The fourth-order valence-electron chi connectivity index (χ4n) is 2.81. The van der Waals surface area contributed by atoms with Gasteiger partial charge < -0.3 is 5.73 Å². The first kappa shape index (κ1) is 12.0. The molecular weight excluding hydrogens is 170 g/mol. The van der Waals surface area contributed by atoms with Crippen molar-refractivity contribution in [3.63, 3.8) is 0 Å². The summed E-state index contributed by atoms with van der Waals surface area (Å²) in [5, 5.41) is 0. The molecule has 1 saturated carbocycles. The van der Waals surface area contributed by atoms with Gasteiger partial charge in [0.25, 0.3) is 0 Å². The molecular formula is C13H27N. The van der Waals surface area contributed by atoms with Crippen molar-refractivity contribution in [1.82, 2.24) is 0 Å². The van der Waals surface area contributed by atoms with E-state index in [1.807, 2.05) is 0 Å². The zero-order valence-electron chi connectivity index (χ0n) is 10.0. The third kappa shape index (κ3) is 2.98. The molecule has 1 aliphatic carbocycles. The van der Waals surface area contributed by atoms with Crippen molar-refractivity contribution in [1.29, 1.82) is 0 Å². The molecule has 0 aromatic carbocycles. The fourth-order valence-corrected chi connectivity index (χ4v) is 2.81. The molecule has 0 radical (unpaired) electrons. The van der Waals surface area contributed by atoms with Crippen LogP contribution in [0.4, 0.5) is 0 Å². The zero-order valence-corrected chi connectivity index (χ0v) is 10.0. The van der Waals surface area contributed by atoms with Crippen molar-refractivity contribution >= 4 is 0 Å². The lowest BCUT2D eigenvalue weighted by atomic mass is 9.67. The van der Waals surface area contributed by atoms with Gasteiger partial charge in [0.1, 0.15) is 0 Å². The zero-order chi connectivity index (χ0) is 10.4. The Morgan fingerprint density at radius 3 is 2.29 bits per heavy atom. The van der Waals surface area contributed by atoms with E-state index in [4.69, 9.17) is 5.73 Å². The van der Waals surface area contributed by atoms with E-state index in [0.29, 0.717) is 5.41 Å². The average Bonchev–Trinajstić information content (AvgIpc) is 2.27. The summed E-state index contributed by atoms with van der Waals surface area (Å²) in [4.78, 5) is 0. The van der Waals surface area contributed by atoms with E-state index >= 15 is 0 Å². The van der Waals surface area contributed by atoms with Crippen LogP contribution in [-0.4, -0.2) is 6.54 Å². The third-order valence-electron chi connectivity index (χ3n) is 4.24. The van der Waals surface area contributed by atoms with Gasteiger partial charge in [-0.05, 0) is 50.0 Å². The molecule has 0 atom stereocenters. The van der Waals surface area contributed by atoms with Crippen LogP contribution in [0.25, 0.3) is 0 Å². The number of hydrogen-bond acceptors (Lipinski definition) is 1. The Bertz CT molecular complexity index is 145. The Labute approximate surface area is 89.5 Å². The molecule has 0 aromatic rings. The lowest BCUT2D eigenvalue weighted by Crippen LogP contribution is -2.34. The summed E-state index contributed by atoms with van der Waals surface area (Å²) in [7, 11) is 0. The van der Waals surface area contributed by atoms with Crippen LogP contribution in [0.3, 0.4) is 0 Å². The van der Waals surface area contributed by atoms with Gasteiger partial charge in [0, 0.05) is 0 Å². The van der Waals surface area contributed by atoms with Gasteiger partial charge >= 0.3 is 0 Å². The maximum absolute atomic E-state index is 5.97. The molecule has 0 aromatic heterocycles. The largest absolute Gasteiger partial charge is 0.330 e. The third-order valence-corrected chi connectivity index (χ3v) is 4.24. The lowest BCUT2D eigenvalue weighted by Gasteiger charge is -2.39. The van der Waals surface area contributed by atoms with Gasteiger partial charge in [-0.3, -0.25) is 0 Å². The predicted molar refractivity (Wildman–Crippen MR) is 63.3 cm³/mol. The molecule has 0 amide bonds. The van der Waals surface area contributed by atoms with E-state index in [1.165, 1.54) is 51.4 Å². The van der Waals surface area contributed by atoms with Crippen LogP contribution >= 0.6 is 0 Å². The first-order valence-corrected chi connectivity index (χ1v) is 6.46. The average molecular weight is 197 g/mol. The topological polar surface area (TPSA) is 26.0 Å². The Morgan fingerprint density at radius 2 is 1.86 bits per heavy atom. The highest BCUT2D eigenvalue weighted by Crippen LogP contribution is 2.42. The van der Waals surface area contributed by atoms with E-state index in [0.717, 1.165) is 12.5 Å². The van der Waals surface area contributed by atoms with Gasteiger partial charge in [-0.15, -0.1) is 0 Å². The van der Waals surface area contributed by atoms with Crippen molar-refractivity contribution in [2.24, 2.45) is 17.1 Å². The summed E-state index contributed by atoms with van der Waals surface area (Å²) < 4.78 is 0. The van der Waals surface area contributed by atoms with Crippen molar-refractivity contribution < 1.29 is 0 Å². The molecule has 0 spiro atoms. The molecule has 1 nitrogen and oxygen atoms in total. The number of unbranched alkanes of at least 4 members (excludes halogenated alkanes) is 1. The maximum Gasteiger partial charge on any atom is -0.00205 e. The first-order chi connectivity index (χ1) is 6.76. The van der Waals surface area contributed by atoms with Crippen LogP contribution in [0.1, 0.15) is 65.2 Å². The molecule has 2 N–H and O–H groups in total. The van der Waals surface area contributed by atoms with Crippen molar-refractivity contribution in [2.75, 3.05) is 6.54 Å². The predicted octanol–water partition coefficient (Wildman–Crippen LogP) is 3.72. The Kier molecular flexibility index (Phi) is 4.94. The fraction of sp³-hybridized carbons (Fsp3) is 1.00. The van der Waals surface area contributed by atoms with Crippen LogP contribution in [0.5, 0.6) is 0 Å². The molecule has 1 rings (SSSR count). The van der Waals surface area contributed by atoms with E-state index < -0.39 is 0 Å². The number of rotatable bonds is 5. The molecule has 14 heavy (non-hydrogen) atoms. The quantitative estimate of drug-likeness (QED) is 0.714. The summed E-state index contributed by atoms with van der Waals surface area (Å²) in [6, 6.07) is 0. The first-order valence-electron chi connectivity index (χ1n) is 6.46. The van der Waals surface area contributed by atoms with Gasteiger partial charge in [-0.25, -0.2) is 0 Å². The summed E-state index contributed by atoms with van der Waals surface area (Å²) in [5.41, 5.74) is 6.50. The van der Waals surface area contributed by atoms with Gasteiger partial charge in [-0.1, -0.05) is 33.1 Å². The Morgan fingerprint density at radius 1 is 1.21 bits per heavy atom. The van der Waals surface area contributed by atoms with Crippen molar-refractivity contribution in [3.05, 3.63) is 0 Å². The molecule has 84 valence electrons. The monoisotopic (exact) mass is 197 g/mol. The van der Waals surface area contributed by atoms with Crippen LogP contribution in [0.2, 0.25) is 0 Å². The SMILES string of the molecule is CCCCC1(CN)CCC(CC)CC1. The van der Waals surface area contributed by atoms with Crippen molar-refractivity contribution in [2.45, 2.75) is 65.2 Å². The van der Waals surface area contributed by atoms with Crippen molar-refractivity contribution in [3.8, 4) is 0 Å². The summed E-state index contributed by atoms with van der Waals surface area (Å²) in [6.45, 7) is 5.53. The molecule has 0 heterocycles. The lowest BCUT2D eigenvalue weighted by molar-refractivity contribution is 0.139. The Balaban J connectivity index is 2.39. The number of hydrogen-bond donors (Lipinski definition) is 1. The summed E-state index contributed by atoms with van der Waals surface area (Å²) in [6.07, 6.45) is 11.1. The van der Waals surface area contributed by atoms with Crippen LogP contribution < -0.4 is 5.73 Å². The van der Waals surface area contributed by atoms with Gasteiger partial charge in [0.15, 0.2) is 0 Å². The van der Waals surface area contributed by atoms with Gasteiger partial charge in [-0.2, -0.15) is 0 Å². The highest BCUT2D eigenvalue weighted by atomic mass is 14.6. The molecule has 0 saturated heterocycles. The Hall–Kier alpha value is -0.0400. The van der Waals surface area contributed by atoms with E-state index in [-0.39, 0.29) is 0 Å². The summed E-state index contributed by atoms with van der Waals surface area (Å²) >= 11 is 0. The maximum atomic E-state index is 5.97. The summed E-state index contributed by atoms with van der Waals surface area (Å²) in [5.74, 6) is 0.997. The smallest absolute Gasteiger partial charge is 0.00205 e. The molecule has 0 unspecified atom stereocenters. The second-order valence-electron chi connectivity index (χ2n) is 5.16. The van der Waals surface area contributed by atoms with E-state index in [2.05, 4.69) is 13.8 Å². The minimum Gasteiger partial charge on any atom is -0.330 e. The normalized spacial score (nSPS) is 33.2. The minimum absolute atomic E-state index is 0.529. The van der Waals surface area contributed by atoms with Crippen LogP contribution in [-0.2, 0) is 0 Å². The van der Waals surface area contributed by atoms with E-state index in [9.17, 15) is 0 Å². The number of nitrogens with two attached hydrogens (primary N) is 1. The molecule has 0 bridgehead atoms. The van der Waals surface area contributed by atoms with Crippen LogP contribution in [0.15, 0.2) is 0 Å². The van der Waals surface area contributed by atoms with Crippen LogP contribution in [0, 0.1) is 11.3 Å². The molecule has 1 aliphatic rings. The minimum atomic E-state index is 0.529. The van der Waals surface area contributed by atoms with E-state index in [1.54, 1.807) is 0 Å². The highest BCUT2D eigenvalue weighted by molar-refractivity contribution is 4.86.